The van der Waals surface area contributed by atoms with Gasteiger partial charge in [-0.25, -0.2) is 13.2 Å². The Labute approximate surface area is 117 Å². The number of ether oxygens (including phenoxy) is 1. The third kappa shape index (κ3) is 1.96. The first-order valence-electron chi connectivity index (χ1n) is 6.36. The van der Waals surface area contributed by atoms with Crippen LogP contribution in [-0.2, 0) is 19.6 Å². The summed E-state index contributed by atoms with van der Waals surface area (Å²) in [6.45, 7) is 6.04. The SMILES string of the molecule is C=C1C(=O)O[C@H]2CN(S(=O)(=O)c3ccc(C)cc3)C[C@@H]12. The van der Waals surface area contributed by atoms with Crippen LogP contribution >= 0.6 is 0 Å². The predicted molar refractivity (Wildman–Crippen MR) is 72.4 cm³/mol. The molecule has 20 heavy (non-hydrogen) atoms. The summed E-state index contributed by atoms with van der Waals surface area (Å²) in [7, 11) is -3.54. The van der Waals surface area contributed by atoms with Gasteiger partial charge in [0.1, 0.15) is 6.10 Å². The number of carbonyl (C=O) groups excluding carboxylic acids is 1. The molecule has 0 unspecified atom stereocenters. The van der Waals surface area contributed by atoms with Gasteiger partial charge >= 0.3 is 5.97 Å². The van der Waals surface area contributed by atoms with Gasteiger partial charge in [-0.05, 0) is 19.1 Å². The average Bonchev–Trinajstić information content (AvgIpc) is 2.92. The van der Waals surface area contributed by atoms with Crippen molar-refractivity contribution < 1.29 is 17.9 Å². The molecule has 3 rings (SSSR count). The minimum atomic E-state index is -3.54. The highest BCUT2D eigenvalue weighted by molar-refractivity contribution is 7.89. The Morgan fingerprint density at radius 2 is 1.90 bits per heavy atom. The van der Waals surface area contributed by atoms with Crippen LogP contribution in [-0.4, -0.2) is 37.9 Å². The maximum absolute atomic E-state index is 12.5. The number of aryl methyl sites for hydroxylation is 1. The molecule has 0 saturated carbocycles. The second-order valence-corrected chi connectivity index (χ2v) is 7.15. The van der Waals surface area contributed by atoms with E-state index in [-0.39, 0.29) is 23.9 Å². The zero-order valence-corrected chi connectivity index (χ0v) is 11.9. The number of rotatable bonds is 2. The molecule has 1 aromatic carbocycles. The molecule has 2 saturated heterocycles. The molecule has 106 valence electrons. The number of nitrogens with zero attached hydrogens (tertiary/aromatic N) is 1. The molecule has 5 nitrogen and oxygen atoms in total. The van der Waals surface area contributed by atoms with Crippen LogP contribution in [0.1, 0.15) is 5.56 Å². The first kappa shape index (κ1) is 13.3. The number of esters is 1. The van der Waals surface area contributed by atoms with E-state index in [0.717, 1.165) is 5.56 Å². The van der Waals surface area contributed by atoms with E-state index in [9.17, 15) is 13.2 Å². The van der Waals surface area contributed by atoms with E-state index in [1.54, 1.807) is 24.3 Å². The first-order chi connectivity index (χ1) is 9.39. The Hall–Kier alpha value is -1.66. The standard InChI is InChI=1S/C14H15NO4S/c1-9-3-5-11(6-4-9)20(17,18)15-7-12-10(2)14(16)19-13(12)8-15/h3-6,12-13H,2,7-8H2,1H3/t12-,13-/m0/s1. The summed E-state index contributed by atoms with van der Waals surface area (Å²) in [6.07, 6.45) is -0.393. The van der Waals surface area contributed by atoms with Crippen molar-refractivity contribution in [2.45, 2.75) is 17.9 Å². The Kier molecular flexibility index (Phi) is 2.95. The summed E-state index contributed by atoms with van der Waals surface area (Å²) in [5.41, 5.74) is 1.38. The second kappa shape index (κ2) is 4.43. The van der Waals surface area contributed by atoms with Gasteiger partial charge in [-0.3, -0.25) is 0 Å². The lowest BCUT2D eigenvalue weighted by atomic mass is 10.0. The number of benzene rings is 1. The fourth-order valence-corrected chi connectivity index (χ4v) is 4.09. The van der Waals surface area contributed by atoms with Gasteiger partial charge in [0.25, 0.3) is 0 Å². The molecule has 2 aliphatic rings. The lowest BCUT2D eigenvalue weighted by Gasteiger charge is -2.17. The molecule has 0 spiro atoms. The zero-order chi connectivity index (χ0) is 14.5. The van der Waals surface area contributed by atoms with E-state index >= 15 is 0 Å². The topological polar surface area (TPSA) is 63.7 Å². The molecule has 2 fully saturated rings. The lowest BCUT2D eigenvalue weighted by molar-refractivity contribution is -0.138. The smallest absolute Gasteiger partial charge is 0.334 e. The van der Waals surface area contributed by atoms with Crippen LogP contribution in [0.3, 0.4) is 0 Å². The van der Waals surface area contributed by atoms with Gasteiger partial charge in [0.15, 0.2) is 0 Å². The van der Waals surface area contributed by atoms with Crippen molar-refractivity contribution in [1.82, 2.24) is 4.31 Å². The zero-order valence-electron chi connectivity index (χ0n) is 11.1. The minimum absolute atomic E-state index is 0.200. The van der Waals surface area contributed by atoms with Gasteiger partial charge in [-0.15, -0.1) is 0 Å². The molecule has 0 bridgehead atoms. The summed E-state index contributed by atoms with van der Waals surface area (Å²) in [4.78, 5) is 11.6. The van der Waals surface area contributed by atoms with Crippen molar-refractivity contribution in [3.63, 3.8) is 0 Å². The van der Waals surface area contributed by atoms with Crippen LogP contribution in [0.5, 0.6) is 0 Å². The van der Waals surface area contributed by atoms with Crippen molar-refractivity contribution in [3.8, 4) is 0 Å². The normalized spacial score (nSPS) is 26.6. The fourth-order valence-electron chi connectivity index (χ4n) is 2.61. The van der Waals surface area contributed by atoms with Gasteiger partial charge in [-0.1, -0.05) is 24.3 Å². The van der Waals surface area contributed by atoms with Crippen LogP contribution in [0, 0.1) is 12.8 Å². The van der Waals surface area contributed by atoms with Gasteiger partial charge in [0.2, 0.25) is 10.0 Å². The molecule has 1 aromatic rings. The molecule has 0 aliphatic carbocycles. The first-order valence-corrected chi connectivity index (χ1v) is 7.80. The molecule has 6 heteroatoms. The highest BCUT2D eigenvalue weighted by Crippen LogP contribution is 2.35. The molecule has 0 amide bonds. The second-order valence-electron chi connectivity index (χ2n) is 5.21. The van der Waals surface area contributed by atoms with Crippen molar-refractivity contribution in [2.24, 2.45) is 5.92 Å². The molecule has 0 aromatic heterocycles. The van der Waals surface area contributed by atoms with E-state index in [2.05, 4.69) is 6.58 Å². The molecular formula is C14H15NO4S. The molecule has 0 N–H and O–H groups in total. The number of sulfonamides is 1. The summed E-state index contributed by atoms with van der Waals surface area (Å²) in [6, 6.07) is 6.73. The molecule has 2 aliphatic heterocycles. The maximum Gasteiger partial charge on any atom is 0.334 e. The number of fused-ring (bicyclic) bond motifs is 1. The maximum atomic E-state index is 12.5. The van der Waals surface area contributed by atoms with E-state index in [1.807, 2.05) is 6.92 Å². The molecule has 2 atom stereocenters. The van der Waals surface area contributed by atoms with Gasteiger partial charge in [-0.2, -0.15) is 4.31 Å². The highest BCUT2D eigenvalue weighted by Gasteiger charge is 2.48. The third-order valence-electron chi connectivity index (χ3n) is 3.86. The molecule has 2 heterocycles. The van der Waals surface area contributed by atoms with E-state index in [4.69, 9.17) is 4.74 Å². The summed E-state index contributed by atoms with van der Waals surface area (Å²) >= 11 is 0. The van der Waals surface area contributed by atoms with Gasteiger partial charge in [0, 0.05) is 18.0 Å². The Morgan fingerprint density at radius 3 is 2.50 bits per heavy atom. The van der Waals surface area contributed by atoms with Crippen LogP contribution in [0.4, 0.5) is 0 Å². The summed E-state index contributed by atoms with van der Waals surface area (Å²) in [5.74, 6) is -0.630. The van der Waals surface area contributed by atoms with Crippen LogP contribution in [0.15, 0.2) is 41.3 Å². The van der Waals surface area contributed by atoms with Crippen molar-refractivity contribution in [3.05, 3.63) is 42.0 Å². The van der Waals surface area contributed by atoms with E-state index < -0.39 is 22.1 Å². The van der Waals surface area contributed by atoms with Crippen molar-refractivity contribution >= 4 is 16.0 Å². The van der Waals surface area contributed by atoms with E-state index in [0.29, 0.717) is 5.57 Å². The minimum Gasteiger partial charge on any atom is -0.457 e. The average molecular weight is 293 g/mol. The van der Waals surface area contributed by atoms with Crippen LogP contribution < -0.4 is 0 Å². The number of hydrogen-bond acceptors (Lipinski definition) is 4. The van der Waals surface area contributed by atoms with Gasteiger partial charge in [0.05, 0.1) is 11.4 Å². The highest BCUT2D eigenvalue weighted by atomic mass is 32.2. The van der Waals surface area contributed by atoms with Crippen molar-refractivity contribution in [2.75, 3.05) is 13.1 Å². The lowest BCUT2D eigenvalue weighted by Crippen LogP contribution is -2.31. The summed E-state index contributed by atoms with van der Waals surface area (Å²) < 4.78 is 31.5. The fraction of sp³-hybridized carbons (Fsp3) is 0.357. The number of hydrogen-bond donors (Lipinski definition) is 0. The largest absolute Gasteiger partial charge is 0.457 e. The Morgan fingerprint density at radius 1 is 1.25 bits per heavy atom. The monoisotopic (exact) mass is 293 g/mol. The number of carbonyl (C=O) groups is 1. The third-order valence-corrected chi connectivity index (χ3v) is 5.71. The van der Waals surface area contributed by atoms with Crippen LogP contribution in [0.2, 0.25) is 0 Å². The predicted octanol–water partition coefficient (Wildman–Crippen LogP) is 1.10. The van der Waals surface area contributed by atoms with Crippen molar-refractivity contribution in [1.29, 1.82) is 0 Å². The Balaban J connectivity index is 1.86. The van der Waals surface area contributed by atoms with Crippen LogP contribution in [0.25, 0.3) is 0 Å². The molecular weight excluding hydrogens is 278 g/mol. The summed E-state index contributed by atoms with van der Waals surface area (Å²) in [5, 5.41) is 0. The van der Waals surface area contributed by atoms with E-state index in [1.165, 1.54) is 4.31 Å². The van der Waals surface area contributed by atoms with Gasteiger partial charge < -0.3 is 4.74 Å². The Bertz CT molecular complexity index is 678. The molecule has 0 radical (unpaired) electrons. The quantitative estimate of drug-likeness (QED) is 0.605.